The van der Waals surface area contributed by atoms with Gasteiger partial charge in [0.15, 0.2) is 0 Å². The monoisotopic (exact) mass is 157 g/mol. The summed E-state index contributed by atoms with van der Waals surface area (Å²) in [5, 5.41) is 8.60. The highest BCUT2D eigenvalue weighted by atomic mass is 16.4. The Kier molecular flexibility index (Phi) is 3.26. The van der Waals surface area contributed by atoms with Gasteiger partial charge in [0, 0.05) is 11.1 Å². The van der Waals surface area contributed by atoms with Crippen LogP contribution >= 0.6 is 0 Å². The summed E-state index contributed by atoms with van der Waals surface area (Å²) in [5.41, 5.74) is 5.13. The lowest BCUT2D eigenvalue weighted by molar-refractivity contribution is -0.133. The zero-order valence-corrected chi connectivity index (χ0v) is 7.05. The molecule has 0 atom stereocenters. The standard InChI is InChI=1S/C8H15NO2/c1-4-8(9,5-2)6(3)7(10)11/h3-5,9H2,1-2H3,(H,10,11). The number of hydrogen-bond donors (Lipinski definition) is 2. The first-order valence-electron chi connectivity index (χ1n) is 3.69. The van der Waals surface area contributed by atoms with Crippen LogP contribution in [0, 0.1) is 0 Å². The summed E-state index contributed by atoms with van der Waals surface area (Å²) in [6.07, 6.45) is 1.21. The minimum absolute atomic E-state index is 0.0995. The van der Waals surface area contributed by atoms with Crippen molar-refractivity contribution in [3.05, 3.63) is 12.2 Å². The Morgan fingerprint density at radius 3 is 2.00 bits per heavy atom. The average Bonchev–Trinajstić information content (AvgIpc) is 2.01. The van der Waals surface area contributed by atoms with E-state index in [9.17, 15) is 4.79 Å². The van der Waals surface area contributed by atoms with Crippen LogP contribution in [0.15, 0.2) is 12.2 Å². The van der Waals surface area contributed by atoms with E-state index in [0.29, 0.717) is 12.8 Å². The van der Waals surface area contributed by atoms with Gasteiger partial charge in [0.2, 0.25) is 0 Å². The molecule has 3 nitrogen and oxygen atoms in total. The topological polar surface area (TPSA) is 63.3 Å². The van der Waals surface area contributed by atoms with Crippen LogP contribution in [0.5, 0.6) is 0 Å². The van der Waals surface area contributed by atoms with Crippen molar-refractivity contribution >= 4 is 5.97 Å². The number of aliphatic carboxylic acids is 1. The molecule has 0 saturated carbocycles. The summed E-state index contributed by atoms with van der Waals surface area (Å²) < 4.78 is 0. The van der Waals surface area contributed by atoms with Gasteiger partial charge in [-0.05, 0) is 12.8 Å². The molecule has 0 aromatic carbocycles. The quantitative estimate of drug-likeness (QED) is 0.601. The molecule has 3 heteroatoms. The van der Waals surface area contributed by atoms with E-state index in [4.69, 9.17) is 10.8 Å². The maximum Gasteiger partial charge on any atom is 0.332 e. The summed E-state index contributed by atoms with van der Waals surface area (Å²) in [4.78, 5) is 10.5. The van der Waals surface area contributed by atoms with Crippen LogP contribution < -0.4 is 5.73 Å². The third-order valence-electron chi connectivity index (χ3n) is 2.12. The number of nitrogens with two attached hydrogens (primary N) is 1. The van der Waals surface area contributed by atoms with Gasteiger partial charge in [-0.1, -0.05) is 20.4 Å². The molecule has 0 bridgehead atoms. The van der Waals surface area contributed by atoms with E-state index in [-0.39, 0.29) is 5.57 Å². The highest BCUT2D eigenvalue weighted by Gasteiger charge is 2.28. The van der Waals surface area contributed by atoms with Crippen molar-refractivity contribution in [2.75, 3.05) is 0 Å². The van der Waals surface area contributed by atoms with Crippen LogP contribution in [0.4, 0.5) is 0 Å². The Morgan fingerprint density at radius 1 is 1.55 bits per heavy atom. The maximum atomic E-state index is 10.5. The largest absolute Gasteiger partial charge is 0.478 e. The predicted octanol–water partition coefficient (Wildman–Crippen LogP) is 1.14. The van der Waals surface area contributed by atoms with Gasteiger partial charge in [0.05, 0.1) is 0 Å². The first-order chi connectivity index (χ1) is 4.98. The zero-order chi connectivity index (χ0) is 9.07. The Balaban J connectivity index is 4.50. The van der Waals surface area contributed by atoms with Crippen LogP contribution in [0.25, 0.3) is 0 Å². The van der Waals surface area contributed by atoms with Crippen molar-refractivity contribution in [2.24, 2.45) is 5.73 Å². The Bertz CT molecular complexity index is 171. The molecule has 0 heterocycles. The summed E-state index contributed by atoms with van der Waals surface area (Å²) in [5.74, 6) is -1.00. The third kappa shape index (κ3) is 2.05. The second-order valence-corrected chi connectivity index (χ2v) is 2.65. The molecule has 0 radical (unpaired) electrons. The molecular weight excluding hydrogens is 142 g/mol. The lowest BCUT2D eigenvalue weighted by Crippen LogP contribution is -2.42. The van der Waals surface area contributed by atoms with Gasteiger partial charge in [-0.2, -0.15) is 0 Å². The minimum Gasteiger partial charge on any atom is -0.478 e. The lowest BCUT2D eigenvalue weighted by atomic mass is 9.86. The summed E-state index contributed by atoms with van der Waals surface area (Å²) >= 11 is 0. The van der Waals surface area contributed by atoms with Crippen molar-refractivity contribution in [1.29, 1.82) is 0 Å². The number of carbonyl (C=O) groups is 1. The van der Waals surface area contributed by atoms with E-state index in [1.165, 1.54) is 0 Å². The first-order valence-corrected chi connectivity index (χ1v) is 3.69. The van der Waals surface area contributed by atoms with E-state index in [1.807, 2.05) is 13.8 Å². The normalized spacial score (nSPS) is 11.2. The molecule has 3 N–H and O–H groups in total. The highest BCUT2D eigenvalue weighted by Crippen LogP contribution is 2.20. The lowest BCUT2D eigenvalue weighted by Gasteiger charge is -2.26. The van der Waals surface area contributed by atoms with E-state index in [2.05, 4.69) is 6.58 Å². The van der Waals surface area contributed by atoms with Crippen LogP contribution in [0.2, 0.25) is 0 Å². The fraction of sp³-hybridized carbons (Fsp3) is 0.625. The van der Waals surface area contributed by atoms with Crippen molar-refractivity contribution in [3.63, 3.8) is 0 Å². The third-order valence-corrected chi connectivity index (χ3v) is 2.12. The van der Waals surface area contributed by atoms with E-state index in [0.717, 1.165) is 0 Å². The van der Waals surface area contributed by atoms with Gasteiger partial charge in [-0.3, -0.25) is 0 Å². The SMILES string of the molecule is C=C(C(=O)O)C(N)(CC)CC. The van der Waals surface area contributed by atoms with Gasteiger partial charge in [0.1, 0.15) is 0 Å². The molecule has 11 heavy (non-hydrogen) atoms. The average molecular weight is 157 g/mol. The predicted molar refractivity (Wildman–Crippen MR) is 44.3 cm³/mol. The molecule has 0 aliphatic heterocycles. The smallest absolute Gasteiger partial charge is 0.332 e. The number of carboxylic acids is 1. The van der Waals surface area contributed by atoms with Crippen molar-refractivity contribution in [2.45, 2.75) is 32.2 Å². The second kappa shape index (κ2) is 3.53. The van der Waals surface area contributed by atoms with Crippen molar-refractivity contribution < 1.29 is 9.90 Å². The van der Waals surface area contributed by atoms with Crippen LogP contribution in [-0.4, -0.2) is 16.6 Å². The van der Waals surface area contributed by atoms with Gasteiger partial charge >= 0.3 is 5.97 Å². The van der Waals surface area contributed by atoms with Gasteiger partial charge in [0.25, 0.3) is 0 Å². The van der Waals surface area contributed by atoms with Crippen molar-refractivity contribution in [3.8, 4) is 0 Å². The summed E-state index contributed by atoms with van der Waals surface area (Å²) in [7, 11) is 0. The molecule has 0 fully saturated rings. The van der Waals surface area contributed by atoms with E-state index >= 15 is 0 Å². The van der Waals surface area contributed by atoms with Crippen LogP contribution in [0.1, 0.15) is 26.7 Å². The summed E-state index contributed by atoms with van der Waals surface area (Å²) in [6, 6.07) is 0. The van der Waals surface area contributed by atoms with Crippen molar-refractivity contribution in [1.82, 2.24) is 0 Å². The molecule has 0 amide bonds. The summed E-state index contributed by atoms with van der Waals surface area (Å²) in [6.45, 7) is 7.16. The highest BCUT2D eigenvalue weighted by molar-refractivity contribution is 5.88. The minimum atomic E-state index is -1.00. The Labute approximate surface area is 66.9 Å². The molecule has 0 aliphatic rings. The van der Waals surface area contributed by atoms with Gasteiger partial charge < -0.3 is 10.8 Å². The fourth-order valence-electron chi connectivity index (χ4n) is 0.890. The van der Waals surface area contributed by atoms with Gasteiger partial charge in [-0.25, -0.2) is 4.79 Å². The Morgan fingerprint density at radius 2 is 1.91 bits per heavy atom. The first kappa shape index (κ1) is 10.2. The second-order valence-electron chi connectivity index (χ2n) is 2.65. The zero-order valence-electron chi connectivity index (χ0n) is 7.05. The molecule has 0 aromatic rings. The molecule has 0 unspecified atom stereocenters. The molecule has 0 saturated heterocycles. The molecule has 0 aliphatic carbocycles. The molecule has 0 aromatic heterocycles. The van der Waals surface area contributed by atoms with E-state index < -0.39 is 11.5 Å². The van der Waals surface area contributed by atoms with E-state index in [1.54, 1.807) is 0 Å². The number of carboxylic acid groups (broad SMARTS) is 1. The Hall–Kier alpha value is -0.830. The fourth-order valence-corrected chi connectivity index (χ4v) is 0.890. The molecular formula is C8H15NO2. The maximum absolute atomic E-state index is 10.5. The number of rotatable bonds is 4. The molecule has 64 valence electrons. The van der Waals surface area contributed by atoms with Crippen LogP contribution in [-0.2, 0) is 4.79 Å². The van der Waals surface area contributed by atoms with Gasteiger partial charge in [-0.15, -0.1) is 0 Å². The molecule has 0 spiro atoms. The molecule has 0 rings (SSSR count). The van der Waals surface area contributed by atoms with Crippen LogP contribution in [0.3, 0.4) is 0 Å². The number of hydrogen-bond acceptors (Lipinski definition) is 2.